The Hall–Kier alpha value is -2.66. The maximum absolute atomic E-state index is 12.9. The van der Waals surface area contributed by atoms with Gasteiger partial charge in [0, 0.05) is 0 Å². The highest BCUT2D eigenvalue weighted by molar-refractivity contribution is 5.90. The topological polar surface area (TPSA) is 61.8 Å². The molecule has 2 bridgehead atoms. The van der Waals surface area contributed by atoms with Crippen LogP contribution in [0.2, 0.25) is 0 Å². The number of hydrogen-bond acceptors (Lipinski definition) is 5. The number of hydrogen-bond donors (Lipinski definition) is 0. The zero-order valence-corrected chi connectivity index (χ0v) is 17.9. The number of carbonyl (C=O) groups excluding carboxylic acids is 2. The Morgan fingerprint density at radius 1 is 0.839 bits per heavy atom. The van der Waals surface area contributed by atoms with E-state index in [0.717, 1.165) is 19.3 Å². The summed E-state index contributed by atoms with van der Waals surface area (Å²) in [5.41, 5.74) is 1.06. The lowest BCUT2D eigenvalue weighted by Crippen LogP contribution is -2.55. The highest BCUT2D eigenvalue weighted by Gasteiger charge is 2.66. The van der Waals surface area contributed by atoms with Gasteiger partial charge in [-0.3, -0.25) is 0 Å². The van der Waals surface area contributed by atoms with Gasteiger partial charge in [0.05, 0.1) is 11.1 Å². The molecular formula is C26H28O5. The highest BCUT2D eigenvalue weighted by Crippen LogP contribution is 2.58. The quantitative estimate of drug-likeness (QED) is 0.673. The number of rotatable bonds is 4. The SMILES string of the molecule is CC1(C)CCCC2C3OC(C(OC(=O)c4ccccc4)C3OC(=O)c3ccccc3)C21. The van der Waals surface area contributed by atoms with Crippen molar-refractivity contribution in [2.45, 2.75) is 57.5 Å². The molecule has 0 N–H and O–H groups in total. The van der Waals surface area contributed by atoms with Crippen LogP contribution < -0.4 is 0 Å². The largest absolute Gasteiger partial charge is 0.452 e. The van der Waals surface area contributed by atoms with Crippen LogP contribution in [0.1, 0.15) is 53.8 Å². The van der Waals surface area contributed by atoms with E-state index >= 15 is 0 Å². The van der Waals surface area contributed by atoms with E-state index in [1.54, 1.807) is 48.5 Å². The van der Waals surface area contributed by atoms with Crippen LogP contribution in [0.5, 0.6) is 0 Å². The standard InChI is InChI=1S/C26H28O5/c1-26(2)15-9-14-18-19(26)21-23(31-25(28)17-12-7-4-8-13-17)22(20(18)29-21)30-24(27)16-10-5-3-6-11-16/h3-8,10-13,18-23H,9,14-15H2,1-2H3. The average molecular weight is 421 g/mol. The van der Waals surface area contributed by atoms with E-state index in [4.69, 9.17) is 14.2 Å². The van der Waals surface area contributed by atoms with Crippen molar-refractivity contribution in [3.05, 3.63) is 71.8 Å². The van der Waals surface area contributed by atoms with Crippen LogP contribution in [0.25, 0.3) is 0 Å². The first-order chi connectivity index (χ1) is 15.0. The van der Waals surface area contributed by atoms with Crippen LogP contribution >= 0.6 is 0 Å². The molecule has 3 aliphatic rings. The molecule has 6 atom stereocenters. The summed E-state index contributed by atoms with van der Waals surface area (Å²) in [6.07, 6.45) is 1.60. The number of fused-ring (bicyclic) bond motifs is 5. The van der Waals surface area contributed by atoms with Crippen LogP contribution in [0.15, 0.2) is 60.7 Å². The molecule has 0 amide bonds. The third-order valence-electron chi connectivity index (χ3n) is 7.29. The van der Waals surface area contributed by atoms with Crippen molar-refractivity contribution in [3.8, 4) is 0 Å². The average Bonchev–Trinajstić information content (AvgIpc) is 3.32. The van der Waals surface area contributed by atoms with Gasteiger partial charge in [-0.2, -0.15) is 0 Å². The van der Waals surface area contributed by atoms with Crippen molar-refractivity contribution < 1.29 is 23.8 Å². The Morgan fingerprint density at radius 3 is 1.90 bits per heavy atom. The fraction of sp³-hybridized carbons (Fsp3) is 0.462. The minimum atomic E-state index is -0.607. The van der Waals surface area contributed by atoms with Gasteiger partial charge in [0.25, 0.3) is 0 Å². The van der Waals surface area contributed by atoms with Gasteiger partial charge >= 0.3 is 11.9 Å². The Morgan fingerprint density at radius 2 is 1.35 bits per heavy atom. The predicted molar refractivity (Wildman–Crippen MR) is 115 cm³/mol. The van der Waals surface area contributed by atoms with E-state index in [1.807, 2.05) is 12.1 Å². The van der Waals surface area contributed by atoms with Crippen molar-refractivity contribution in [2.24, 2.45) is 17.3 Å². The summed E-state index contributed by atoms with van der Waals surface area (Å²) in [6.45, 7) is 4.55. The summed E-state index contributed by atoms with van der Waals surface area (Å²) in [7, 11) is 0. The Bertz CT molecular complexity index is 954. The Labute approximate surface area is 182 Å². The maximum atomic E-state index is 12.9. The molecule has 162 valence electrons. The van der Waals surface area contributed by atoms with Crippen LogP contribution in [-0.4, -0.2) is 36.4 Å². The van der Waals surface area contributed by atoms with E-state index in [2.05, 4.69) is 13.8 Å². The van der Waals surface area contributed by atoms with Crippen molar-refractivity contribution in [2.75, 3.05) is 0 Å². The normalized spacial score (nSPS) is 32.8. The number of esters is 2. The molecule has 0 aromatic heterocycles. The summed E-state index contributed by atoms with van der Waals surface area (Å²) in [6, 6.07) is 17.9. The summed E-state index contributed by atoms with van der Waals surface area (Å²) in [4.78, 5) is 25.7. The smallest absolute Gasteiger partial charge is 0.338 e. The minimum Gasteiger partial charge on any atom is -0.452 e. The zero-order chi connectivity index (χ0) is 21.6. The van der Waals surface area contributed by atoms with Crippen LogP contribution in [0, 0.1) is 17.3 Å². The predicted octanol–water partition coefficient (Wildman–Crippen LogP) is 4.66. The molecule has 5 heteroatoms. The molecule has 2 saturated heterocycles. The van der Waals surface area contributed by atoms with Gasteiger partial charge in [-0.05, 0) is 54.4 Å². The van der Waals surface area contributed by atoms with Crippen LogP contribution in [0.4, 0.5) is 0 Å². The van der Waals surface area contributed by atoms with Gasteiger partial charge in [0.1, 0.15) is 12.2 Å². The van der Waals surface area contributed by atoms with Gasteiger partial charge in [-0.25, -0.2) is 9.59 Å². The first-order valence-electron chi connectivity index (χ1n) is 11.1. The summed E-state index contributed by atoms with van der Waals surface area (Å²) in [5.74, 6) is -0.220. The van der Waals surface area contributed by atoms with Crippen molar-refractivity contribution in [3.63, 3.8) is 0 Å². The second-order valence-electron chi connectivity index (χ2n) is 9.61. The minimum absolute atomic E-state index is 0.0914. The van der Waals surface area contributed by atoms with Gasteiger partial charge < -0.3 is 14.2 Å². The van der Waals surface area contributed by atoms with Crippen LogP contribution in [0.3, 0.4) is 0 Å². The number of ether oxygens (including phenoxy) is 3. The van der Waals surface area contributed by atoms with E-state index < -0.39 is 24.1 Å². The second kappa shape index (κ2) is 7.79. The molecule has 2 aliphatic heterocycles. The molecule has 31 heavy (non-hydrogen) atoms. The molecule has 3 fully saturated rings. The molecule has 5 rings (SSSR count). The molecule has 2 aromatic rings. The third kappa shape index (κ3) is 3.55. The first kappa shape index (κ1) is 20.3. The Kier molecular flexibility index (Phi) is 5.09. The third-order valence-corrected chi connectivity index (χ3v) is 7.29. The Balaban J connectivity index is 1.43. The molecule has 0 radical (unpaired) electrons. The van der Waals surface area contributed by atoms with Gasteiger partial charge in [-0.15, -0.1) is 0 Å². The van der Waals surface area contributed by atoms with Gasteiger partial charge in [-0.1, -0.05) is 56.7 Å². The molecule has 1 aliphatic carbocycles. The monoisotopic (exact) mass is 420 g/mol. The van der Waals surface area contributed by atoms with E-state index in [0.29, 0.717) is 17.0 Å². The molecular weight excluding hydrogens is 392 g/mol. The first-order valence-corrected chi connectivity index (χ1v) is 11.1. The lowest BCUT2D eigenvalue weighted by Gasteiger charge is -2.47. The number of benzene rings is 2. The van der Waals surface area contributed by atoms with Gasteiger partial charge in [0.15, 0.2) is 12.2 Å². The maximum Gasteiger partial charge on any atom is 0.338 e. The highest BCUT2D eigenvalue weighted by atomic mass is 16.6. The summed E-state index contributed by atoms with van der Waals surface area (Å²) in [5, 5.41) is 0. The second-order valence-corrected chi connectivity index (χ2v) is 9.61. The van der Waals surface area contributed by atoms with E-state index in [1.165, 1.54) is 0 Å². The van der Waals surface area contributed by atoms with Crippen LogP contribution in [-0.2, 0) is 14.2 Å². The summed E-state index contributed by atoms with van der Waals surface area (Å²) < 4.78 is 18.3. The van der Waals surface area contributed by atoms with E-state index in [-0.39, 0.29) is 23.5 Å². The molecule has 2 aromatic carbocycles. The molecule has 2 heterocycles. The summed E-state index contributed by atoms with van der Waals surface area (Å²) >= 11 is 0. The van der Waals surface area contributed by atoms with Crippen molar-refractivity contribution in [1.82, 2.24) is 0 Å². The molecule has 6 unspecified atom stereocenters. The lowest BCUT2D eigenvalue weighted by molar-refractivity contribution is -0.0819. The van der Waals surface area contributed by atoms with Crippen molar-refractivity contribution in [1.29, 1.82) is 0 Å². The molecule has 5 nitrogen and oxygen atoms in total. The molecule has 1 saturated carbocycles. The van der Waals surface area contributed by atoms with Gasteiger partial charge in [0.2, 0.25) is 0 Å². The van der Waals surface area contributed by atoms with E-state index in [9.17, 15) is 9.59 Å². The van der Waals surface area contributed by atoms with Crippen molar-refractivity contribution >= 4 is 11.9 Å². The fourth-order valence-electron chi connectivity index (χ4n) is 5.92. The lowest BCUT2D eigenvalue weighted by atomic mass is 9.58. The zero-order valence-electron chi connectivity index (χ0n) is 17.9. The molecule has 0 spiro atoms. The fourth-order valence-corrected chi connectivity index (χ4v) is 5.92. The number of carbonyl (C=O) groups is 2.